The van der Waals surface area contributed by atoms with E-state index in [0.717, 1.165) is 42.9 Å². The van der Waals surface area contributed by atoms with Crippen LogP contribution in [0.5, 0.6) is 11.5 Å². The molecule has 13 heteroatoms. The summed E-state index contributed by atoms with van der Waals surface area (Å²) < 4.78 is 23.6. The Bertz CT molecular complexity index is 1780. The molecule has 264 valence electrons. The molecule has 1 N–H and O–H groups in total. The highest BCUT2D eigenvalue weighted by molar-refractivity contribution is 7.13. The number of ether oxygens (including phenoxy) is 4. The lowest BCUT2D eigenvalue weighted by Gasteiger charge is -2.44. The molecule has 5 heterocycles. The first kappa shape index (κ1) is 35.9. The minimum absolute atomic E-state index is 0.0799. The van der Waals surface area contributed by atoms with Gasteiger partial charge in [-0.25, -0.2) is 9.59 Å². The van der Waals surface area contributed by atoms with E-state index >= 15 is 0 Å². The highest BCUT2D eigenvalue weighted by Gasteiger charge is 2.38. The molecule has 3 aliphatic heterocycles. The van der Waals surface area contributed by atoms with Gasteiger partial charge in [0.1, 0.15) is 33.2 Å². The number of rotatable bonds is 14. The van der Waals surface area contributed by atoms with Crippen LogP contribution < -0.4 is 19.5 Å². The summed E-state index contributed by atoms with van der Waals surface area (Å²) in [6.45, 7) is 3.43. The minimum Gasteiger partial charge on any atom is -0.619 e. The monoisotopic (exact) mass is 739 g/mol. The number of aromatic nitrogens is 1. The van der Waals surface area contributed by atoms with Crippen LogP contribution >= 0.6 is 34.5 Å². The molecule has 7 rings (SSSR count). The molecule has 0 spiro atoms. The quantitative estimate of drug-likeness (QED) is 0.0898. The first-order valence-corrected chi connectivity index (χ1v) is 18.1. The number of piperidine rings is 3. The number of halogens is 2. The Morgan fingerprint density at radius 1 is 0.980 bits per heavy atom. The van der Waals surface area contributed by atoms with Gasteiger partial charge in [0.15, 0.2) is 23.9 Å². The maximum Gasteiger partial charge on any atom is 0.348 e. The van der Waals surface area contributed by atoms with Gasteiger partial charge in [-0.3, -0.25) is 4.90 Å². The normalized spacial score (nSPS) is 19.4. The van der Waals surface area contributed by atoms with Crippen LogP contribution in [-0.4, -0.2) is 63.3 Å². The molecule has 3 saturated heterocycles. The van der Waals surface area contributed by atoms with Crippen molar-refractivity contribution in [3.05, 3.63) is 115 Å². The van der Waals surface area contributed by atoms with Crippen molar-refractivity contribution in [3.63, 3.8) is 0 Å². The van der Waals surface area contributed by atoms with E-state index in [1.807, 2.05) is 36.4 Å². The molecule has 4 aromatic rings. The van der Waals surface area contributed by atoms with Gasteiger partial charge in [0, 0.05) is 30.0 Å². The zero-order valence-corrected chi connectivity index (χ0v) is 30.1. The number of nitrogens with one attached hydrogen (secondary N) is 1. The molecule has 50 heavy (non-hydrogen) atoms. The molecule has 3 fully saturated rings. The molecule has 0 amide bonds. The van der Waals surface area contributed by atoms with E-state index in [-0.39, 0.29) is 28.5 Å². The zero-order valence-electron chi connectivity index (χ0n) is 27.8. The van der Waals surface area contributed by atoms with Crippen LogP contribution in [0.15, 0.2) is 73.1 Å². The number of carbonyl (C=O) groups is 2. The number of nitrogens with zero attached hydrogens (tertiary/aromatic N) is 2. The number of pyridine rings is 1. The fraction of sp³-hybridized carbons (Fsp3) is 0.378. The van der Waals surface area contributed by atoms with Gasteiger partial charge in [0.2, 0.25) is 0 Å². The standard InChI is InChI=1S/C37H39Cl2N3O7S/c1-46-30-10-8-25(18-32(30)47-2)31(19-27-28(38)20-42(45)21-29(27)39)48-36(43)34-11-9-26(50-34)12-15-40-35(24-6-4-3-5-7-24)37(44)49-33-22-41-16-13-23(33)14-17-41/h3-11,18,20-21,23,31,33,35,40H,12-17,19,22H2,1-2H3/t31?,33-,35-/m0/s1. The number of carbonyl (C=O) groups excluding carboxylic acids is 2. The lowest BCUT2D eigenvalue weighted by atomic mass is 9.86. The molecule has 1 unspecified atom stereocenters. The van der Waals surface area contributed by atoms with Crippen LogP contribution in [0.2, 0.25) is 10.0 Å². The number of esters is 2. The highest BCUT2D eigenvalue weighted by atomic mass is 35.5. The fourth-order valence-electron chi connectivity index (χ4n) is 6.58. The van der Waals surface area contributed by atoms with E-state index in [1.54, 1.807) is 24.3 Å². The molecule has 2 bridgehead atoms. The van der Waals surface area contributed by atoms with Crippen molar-refractivity contribution in [1.82, 2.24) is 10.2 Å². The lowest BCUT2D eigenvalue weighted by Crippen LogP contribution is -2.52. The summed E-state index contributed by atoms with van der Waals surface area (Å²) in [6.07, 6.45) is 4.33. The molecule has 0 radical (unpaired) electrons. The molecule has 2 aromatic heterocycles. The SMILES string of the molecule is COc1ccc(C(Cc2c(Cl)c[n+]([O-])cc2Cl)OC(=O)c2ccc(CCN[C@H](C(=O)O[C@H]3CN4CCC3CC4)c3ccccc3)s2)cc1OC. The number of fused-ring (bicyclic) bond motifs is 3. The topological polar surface area (TPSA) is 113 Å². The van der Waals surface area contributed by atoms with Crippen molar-refractivity contribution in [2.45, 2.75) is 43.9 Å². The van der Waals surface area contributed by atoms with Crippen molar-refractivity contribution < 1.29 is 33.3 Å². The van der Waals surface area contributed by atoms with Crippen molar-refractivity contribution in [1.29, 1.82) is 0 Å². The smallest absolute Gasteiger partial charge is 0.348 e. The number of benzene rings is 2. The average Bonchev–Trinajstić information content (AvgIpc) is 3.61. The molecular formula is C37H39Cl2N3O7S. The van der Waals surface area contributed by atoms with Crippen LogP contribution in [-0.2, 0) is 27.1 Å². The van der Waals surface area contributed by atoms with E-state index in [9.17, 15) is 14.8 Å². The predicted molar refractivity (Wildman–Crippen MR) is 191 cm³/mol. The van der Waals surface area contributed by atoms with Crippen molar-refractivity contribution in [2.75, 3.05) is 40.4 Å². The summed E-state index contributed by atoms with van der Waals surface area (Å²) in [5.41, 5.74) is 1.94. The number of hydrogen-bond acceptors (Lipinski definition) is 10. The van der Waals surface area contributed by atoms with Crippen LogP contribution in [0.1, 0.15) is 56.2 Å². The van der Waals surface area contributed by atoms with Gasteiger partial charge in [0.05, 0.1) is 14.2 Å². The third-order valence-electron chi connectivity index (χ3n) is 9.29. The number of methoxy groups -OCH3 is 2. The summed E-state index contributed by atoms with van der Waals surface area (Å²) in [5, 5.41) is 15.6. The van der Waals surface area contributed by atoms with Crippen molar-refractivity contribution >= 4 is 46.5 Å². The van der Waals surface area contributed by atoms with Gasteiger partial charge in [-0.2, -0.15) is 4.73 Å². The summed E-state index contributed by atoms with van der Waals surface area (Å²) >= 11 is 14.1. The van der Waals surface area contributed by atoms with Gasteiger partial charge in [-0.1, -0.05) is 59.6 Å². The first-order chi connectivity index (χ1) is 24.2. The van der Waals surface area contributed by atoms with Crippen LogP contribution in [0.25, 0.3) is 0 Å². The molecule has 3 aliphatic rings. The largest absolute Gasteiger partial charge is 0.619 e. The molecule has 2 aromatic carbocycles. The predicted octanol–water partition coefficient (Wildman–Crippen LogP) is 6.36. The second-order valence-electron chi connectivity index (χ2n) is 12.4. The number of thiophene rings is 1. The van der Waals surface area contributed by atoms with E-state index in [1.165, 1.54) is 38.0 Å². The zero-order chi connectivity index (χ0) is 35.2. The maximum atomic E-state index is 13.6. The molecule has 0 saturated carbocycles. The molecule has 10 nitrogen and oxygen atoms in total. The minimum atomic E-state index is -0.819. The highest BCUT2D eigenvalue weighted by Crippen LogP contribution is 2.36. The molecule has 3 atom stereocenters. The van der Waals surface area contributed by atoms with E-state index < -0.39 is 18.1 Å². The van der Waals surface area contributed by atoms with Crippen molar-refractivity contribution in [2.24, 2.45) is 5.92 Å². The Kier molecular flexibility index (Phi) is 11.8. The molecule has 0 aliphatic carbocycles. The fourth-order valence-corrected chi connectivity index (χ4v) is 8.07. The third kappa shape index (κ3) is 8.52. The van der Waals surface area contributed by atoms with Crippen LogP contribution in [0.4, 0.5) is 0 Å². The Labute approximate surface area is 305 Å². The second-order valence-corrected chi connectivity index (χ2v) is 14.4. The van der Waals surface area contributed by atoms with Gasteiger partial charge in [-0.05, 0) is 73.7 Å². The van der Waals surface area contributed by atoms with E-state index in [2.05, 4.69) is 10.2 Å². The summed E-state index contributed by atoms with van der Waals surface area (Å²) in [4.78, 5) is 30.8. The Balaban J connectivity index is 1.13. The van der Waals surface area contributed by atoms with Crippen LogP contribution in [0, 0.1) is 11.1 Å². The Hall–Kier alpha value is -3.87. The van der Waals surface area contributed by atoms with Gasteiger partial charge >= 0.3 is 11.9 Å². The van der Waals surface area contributed by atoms with Gasteiger partial charge < -0.3 is 29.5 Å². The summed E-state index contributed by atoms with van der Waals surface area (Å²) in [5.74, 6) is 0.598. The first-order valence-electron chi connectivity index (χ1n) is 16.5. The molecular weight excluding hydrogens is 701 g/mol. The summed E-state index contributed by atoms with van der Waals surface area (Å²) in [7, 11) is 3.05. The maximum absolute atomic E-state index is 13.6. The third-order valence-corrected chi connectivity index (χ3v) is 11.1. The van der Waals surface area contributed by atoms with Crippen molar-refractivity contribution in [3.8, 4) is 11.5 Å². The van der Waals surface area contributed by atoms with E-state index in [0.29, 0.717) is 51.1 Å². The lowest BCUT2D eigenvalue weighted by molar-refractivity contribution is -0.605. The Morgan fingerprint density at radius 2 is 1.70 bits per heavy atom. The van der Waals surface area contributed by atoms with E-state index in [4.69, 9.17) is 42.1 Å². The van der Waals surface area contributed by atoms with Crippen LogP contribution in [0.3, 0.4) is 0 Å². The average molecular weight is 741 g/mol. The summed E-state index contributed by atoms with van der Waals surface area (Å²) in [6, 6.07) is 17.8. The number of hydrogen-bond donors (Lipinski definition) is 1. The van der Waals surface area contributed by atoms with Gasteiger partial charge in [0.25, 0.3) is 0 Å². The Morgan fingerprint density at radius 3 is 2.36 bits per heavy atom. The van der Waals surface area contributed by atoms with Gasteiger partial charge in [-0.15, -0.1) is 11.3 Å². The second kappa shape index (κ2) is 16.4.